The third kappa shape index (κ3) is 2.57. The zero-order valence-corrected chi connectivity index (χ0v) is 8.86. The number of anilines is 1. The van der Waals surface area contributed by atoms with E-state index in [1.165, 1.54) is 12.8 Å². The molecular formula is C12H16N2O. The Kier molecular flexibility index (Phi) is 2.73. The van der Waals surface area contributed by atoms with Crippen LogP contribution < -0.4 is 11.1 Å². The first-order chi connectivity index (χ1) is 7.16. The van der Waals surface area contributed by atoms with Crippen molar-refractivity contribution in [2.45, 2.75) is 31.8 Å². The number of carbonyl (C=O) groups is 1. The molecule has 3 N–H and O–H groups in total. The number of hydrogen-bond donors (Lipinski definition) is 2. The fourth-order valence-electron chi connectivity index (χ4n) is 1.58. The summed E-state index contributed by atoms with van der Waals surface area (Å²) in [7, 11) is 0. The predicted octanol–water partition coefficient (Wildman–Crippen LogP) is 1.59. The standard InChI is InChI=1S/C12H16N2O/c1-8(14-11-6-7-11)12(15)9-2-4-10(13)5-3-9/h2-5,8,11,14H,6-7,13H2,1H3. The van der Waals surface area contributed by atoms with E-state index in [2.05, 4.69) is 5.32 Å². The highest BCUT2D eigenvalue weighted by molar-refractivity contribution is 6.00. The number of carbonyl (C=O) groups excluding carboxylic acids is 1. The molecular weight excluding hydrogens is 188 g/mol. The van der Waals surface area contributed by atoms with Crippen molar-refractivity contribution in [1.29, 1.82) is 0 Å². The summed E-state index contributed by atoms with van der Waals surface area (Å²) in [5, 5.41) is 3.29. The van der Waals surface area contributed by atoms with Gasteiger partial charge in [0.1, 0.15) is 0 Å². The fraction of sp³-hybridized carbons (Fsp3) is 0.417. The quantitative estimate of drug-likeness (QED) is 0.578. The summed E-state index contributed by atoms with van der Waals surface area (Å²) < 4.78 is 0. The second-order valence-electron chi connectivity index (χ2n) is 4.15. The lowest BCUT2D eigenvalue weighted by atomic mass is 10.1. The molecule has 1 saturated carbocycles. The first-order valence-corrected chi connectivity index (χ1v) is 5.32. The summed E-state index contributed by atoms with van der Waals surface area (Å²) in [4.78, 5) is 11.9. The summed E-state index contributed by atoms with van der Waals surface area (Å²) in [6.45, 7) is 1.91. The molecule has 2 rings (SSSR count). The predicted molar refractivity (Wildman–Crippen MR) is 60.8 cm³/mol. The zero-order valence-electron chi connectivity index (χ0n) is 8.86. The molecule has 3 nitrogen and oxygen atoms in total. The van der Waals surface area contributed by atoms with Crippen molar-refractivity contribution in [3.05, 3.63) is 29.8 Å². The number of benzene rings is 1. The minimum Gasteiger partial charge on any atom is -0.399 e. The van der Waals surface area contributed by atoms with Crippen molar-refractivity contribution < 1.29 is 4.79 Å². The Hall–Kier alpha value is -1.35. The highest BCUT2D eigenvalue weighted by Crippen LogP contribution is 2.20. The van der Waals surface area contributed by atoms with Gasteiger partial charge in [-0.2, -0.15) is 0 Å². The van der Waals surface area contributed by atoms with E-state index in [1.807, 2.05) is 6.92 Å². The number of nitrogen functional groups attached to an aromatic ring is 1. The Morgan fingerprint density at radius 2 is 2.00 bits per heavy atom. The largest absolute Gasteiger partial charge is 0.399 e. The summed E-state index contributed by atoms with van der Waals surface area (Å²) in [5.74, 6) is 0.141. The third-order valence-corrected chi connectivity index (χ3v) is 2.65. The molecule has 15 heavy (non-hydrogen) atoms. The van der Waals surface area contributed by atoms with Crippen LogP contribution in [0.25, 0.3) is 0 Å². The van der Waals surface area contributed by atoms with Crippen molar-refractivity contribution in [2.75, 3.05) is 5.73 Å². The van der Waals surface area contributed by atoms with Crippen molar-refractivity contribution >= 4 is 11.5 Å². The molecule has 0 saturated heterocycles. The molecule has 1 atom stereocenters. The van der Waals surface area contributed by atoms with Gasteiger partial charge in [-0.05, 0) is 44.0 Å². The number of hydrogen-bond acceptors (Lipinski definition) is 3. The molecule has 1 unspecified atom stereocenters. The molecule has 0 bridgehead atoms. The maximum Gasteiger partial charge on any atom is 0.179 e. The van der Waals surface area contributed by atoms with Gasteiger partial charge in [0, 0.05) is 17.3 Å². The van der Waals surface area contributed by atoms with E-state index >= 15 is 0 Å². The van der Waals surface area contributed by atoms with Crippen molar-refractivity contribution in [3.8, 4) is 0 Å². The van der Waals surface area contributed by atoms with E-state index in [9.17, 15) is 4.79 Å². The van der Waals surface area contributed by atoms with Gasteiger partial charge in [0.15, 0.2) is 5.78 Å². The van der Waals surface area contributed by atoms with Crippen molar-refractivity contribution in [3.63, 3.8) is 0 Å². The SMILES string of the molecule is CC(NC1CC1)C(=O)c1ccc(N)cc1. The van der Waals surface area contributed by atoms with Gasteiger partial charge in [-0.25, -0.2) is 0 Å². The van der Waals surface area contributed by atoms with Crippen LogP contribution in [-0.4, -0.2) is 17.9 Å². The molecule has 1 fully saturated rings. The maximum atomic E-state index is 11.9. The number of nitrogens with two attached hydrogens (primary N) is 1. The van der Waals surface area contributed by atoms with Crippen LogP contribution in [-0.2, 0) is 0 Å². The van der Waals surface area contributed by atoms with E-state index in [0.29, 0.717) is 11.7 Å². The molecule has 0 amide bonds. The van der Waals surface area contributed by atoms with Crippen LogP contribution in [0.1, 0.15) is 30.1 Å². The number of rotatable bonds is 4. The Labute approximate surface area is 89.7 Å². The Balaban J connectivity index is 2.02. The van der Waals surface area contributed by atoms with Gasteiger partial charge in [0.2, 0.25) is 0 Å². The molecule has 1 aromatic carbocycles. The molecule has 0 heterocycles. The molecule has 1 aliphatic carbocycles. The smallest absolute Gasteiger partial charge is 0.179 e. The monoisotopic (exact) mass is 204 g/mol. The van der Waals surface area contributed by atoms with E-state index in [-0.39, 0.29) is 11.8 Å². The molecule has 0 spiro atoms. The van der Waals surface area contributed by atoms with E-state index < -0.39 is 0 Å². The van der Waals surface area contributed by atoms with Crippen molar-refractivity contribution in [2.24, 2.45) is 0 Å². The second kappa shape index (κ2) is 4.03. The van der Waals surface area contributed by atoms with Crippen LogP contribution in [0.15, 0.2) is 24.3 Å². The van der Waals surface area contributed by atoms with Gasteiger partial charge in [0.25, 0.3) is 0 Å². The van der Waals surface area contributed by atoms with Crippen LogP contribution >= 0.6 is 0 Å². The minimum atomic E-state index is -0.0962. The third-order valence-electron chi connectivity index (χ3n) is 2.65. The molecule has 0 aliphatic heterocycles. The second-order valence-corrected chi connectivity index (χ2v) is 4.15. The molecule has 0 aromatic heterocycles. The van der Waals surface area contributed by atoms with Gasteiger partial charge in [-0.15, -0.1) is 0 Å². The Morgan fingerprint density at radius 3 is 2.53 bits per heavy atom. The number of Topliss-reactive ketones (excluding diaryl/α,β-unsaturated/α-hetero) is 1. The molecule has 1 aromatic rings. The fourth-order valence-corrected chi connectivity index (χ4v) is 1.58. The summed E-state index contributed by atoms with van der Waals surface area (Å²) in [5.41, 5.74) is 6.98. The minimum absolute atomic E-state index is 0.0962. The number of nitrogens with one attached hydrogen (secondary N) is 1. The van der Waals surface area contributed by atoms with E-state index in [1.54, 1.807) is 24.3 Å². The van der Waals surface area contributed by atoms with Crippen LogP contribution in [0.2, 0.25) is 0 Å². The molecule has 1 aliphatic rings. The molecule has 0 radical (unpaired) electrons. The Morgan fingerprint density at radius 1 is 1.40 bits per heavy atom. The normalized spacial score (nSPS) is 17.4. The van der Waals surface area contributed by atoms with Crippen LogP contribution in [0.3, 0.4) is 0 Å². The average Bonchev–Trinajstić information content (AvgIpc) is 3.02. The lowest BCUT2D eigenvalue weighted by Gasteiger charge is -2.11. The van der Waals surface area contributed by atoms with E-state index in [0.717, 1.165) is 5.56 Å². The Bertz CT molecular complexity index is 354. The average molecular weight is 204 g/mol. The first kappa shape index (κ1) is 10.2. The van der Waals surface area contributed by atoms with Crippen LogP contribution in [0.5, 0.6) is 0 Å². The lowest BCUT2D eigenvalue weighted by molar-refractivity contribution is 0.0950. The zero-order chi connectivity index (χ0) is 10.8. The molecule has 80 valence electrons. The van der Waals surface area contributed by atoms with Gasteiger partial charge in [0.05, 0.1) is 6.04 Å². The lowest BCUT2D eigenvalue weighted by Crippen LogP contribution is -2.35. The van der Waals surface area contributed by atoms with Crippen LogP contribution in [0, 0.1) is 0 Å². The number of ketones is 1. The summed E-state index contributed by atoms with van der Waals surface area (Å²) >= 11 is 0. The topological polar surface area (TPSA) is 55.1 Å². The van der Waals surface area contributed by atoms with Gasteiger partial charge in [-0.3, -0.25) is 4.79 Å². The van der Waals surface area contributed by atoms with Crippen molar-refractivity contribution in [1.82, 2.24) is 5.32 Å². The molecule has 3 heteroatoms. The van der Waals surface area contributed by atoms with Gasteiger partial charge >= 0.3 is 0 Å². The highest BCUT2D eigenvalue weighted by Gasteiger charge is 2.25. The van der Waals surface area contributed by atoms with Crippen LogP contribution in [0.4, 0.5) is 5.69 Å². The van der Waals surface area contributed by atoms with Gasteiger partial charge in [-0.1, -0.05) is 0 Å². The summed E-state index contributed by atoms with van der Waals surface area (Å²) in [6.07, 6.45) is 2.39. The highest BCUT2D eigenvalue weighted by atomic mass is 16.1. The summed E-state index contributed by atoms with van der Waals surface area (Å²) in [6, 6.07) is 7.54. The maximum absolute atomic E-state index is 11.9. The first-order valence-electron chi connectivity index (χ1n) is 5.32. The van der Waals surface area contributed by atoms with Gasteiger partial charge < -0.3 is 11.1 Å². The van der Waals surface area contributed by atoms with E-state index in [4.69, 9.17) is 5.73 Å².